The number of methoxy groups -OCH3 is 1. The Morgan fingerprint density at radius 3 is 2.77 bits per heavy atom. The second-order valence-corrected chi connectivity index (χ2v) is 2.84. The quantitative estimate of drug-likeness (QED) is 0.668. The minimum Gasteiger partial charge on any atom is -0.478 e. The van der Waals surface area contributed by atoms with Gasteiger partial charge in [0.1, 0.15) is 17.6 Å². The van der Waals surface area contributed by atoms with Crippen LogP contribution in [0.3, 0.4) is 0 Å². The first-order valence-corrected chi connectivity index (χ1v) is 3.98. The predicted molar refractivity (Wildman–Crippen MR) is 47.8 cm³/mol. The Morgan fingerprint density at radius 1 is 1.31 bits per heavy atom. The lowest BCUT2D eigenvalue weighted by atomic mass is 10.2. The number of rotatable bonds is 1. The molecule has 0 N–H and O–H groups in total. The van der Waals surface area contributed by atoms with Gasteiger partial charge in [0.05, 0.1) is 7.11 Å². The Hall–Kier alpha value is -1.58. The van der Waals surface area contributed by atoms with Crippen LogP contribution in [0.5, 0.6) is 5.88 Å². The molecule has 0 aliphatic carbocycles. The molecule has 13 heavy (non-hydrogen) atoms. The largest absolute Gasteiger partial charge is 0.478 e. The van der Waals surface area contributed by atoms with E-state index in [1.165, 1.54) is 6.33 Å². The molecule has 4 nitrogen and oxygen atoms in total. The van der Waals surface area contributed by atoms with Crippen molar-refractivity contribution in [3.8, 4) is 5.88 Å². The Bertz CT molecular complexity index is 448. The van der Waals surface area contributed by atoms with E-state index in [0.29, 0.717) is 11.5 Å². The SMILES string of the molecule is COc1ncnc2c(C)c(C)oc12. The second kappa shape index (κ2) is 2.73. The van der Waals surface area contributed by atoms with Gasteiger partial charge in [-0.2, -0.15) is 4.98 Å². The molecule has 0 radical (unpaired) electrons. The molecule has 0 aliphatic rings. The third kappa shape index (κ3) is 1.06. The molecule has 68 valence electrons. The fraction of sp³-hybridized carbons (Fsp3) is 0.333. The molecule has 0 fully saturated rings. The Balaban J connectivity index is 2.84. The zero-order valence-electron chi connectivity index (χ0n) is 7.79. The van der Waals surface area contributed by atoms with Crippen LogP contribution in [0.2, 0.25) is 0 Å². The predicted octanol–water partition coefficient (Wildman–Crippen LogP) is 1.85. The number of hydrogen-bond acceptors (Lipinski definition) is 4. The number of fused-ring (bicyclic) bond motifs is 1. The number of hydrogen-bond donors (Lipinski definition) is 0. The van der Waals surface area contributed by atoms with Crippen molar-refractivity contribution in [2.45, 2.75) is 13.8 Å². The van der Waals surface area contributed by atoms with Gasteiger partial charge in [-0.25, -0.2) is 4.98 Å². The van der Waals surface area contributed by atoms with Gasteiger partial charge in [-0.3, -0.25) is 0 Å². The zero-order chi connectivity index (χ0) is 9.42. The molecule has 2 rings (SSSR count). The zero-order valence-corrected chi connectivity index (χ0v) is 7.79. The number of ether oxygens (including phenoxy) is 1. The molecule has 4 heteroatoms. The average Bonchev–Trinajstić information content (AvgIpc) is 2.43. The van der Waals surface area contributed by atoms with Gasteiger partial charge >= 0.3 is 0 Å². The monoisotopic (exact) mass is 178 g/mol. The van der Waals surface area contributed by atoms with Crippen molar-refractivity contribution in [3.63, 3.8) is 0 Å². The van der Waals surface area contributed by atoms with E-state index in [-0.39, 0.29) is 0 Å². The van der Waals surface area contributed by atoms with E-state index in [9.17, 15) is 0 Å². The van der Waals surface area contributed by atoms with Gasteiger partial charge in [-0.05, 0) is 13.8 Å². The molecule has 0 saturated carbocycles. The molecule has 0 saturated heterocycles. The van der Waals surface area contributed by atoms with Crippen LogP contribution in [0.25, 0.3) is 11.1 Å². The number of furan rings is 1. The highest BCUT2D eigenvalue weighted by molar-refractivity contribution is 5.81. The molecular formula is C9H10N2O2. The van der Waals surface area contributed by atoms with E-state index in [4.69, 9.17) is 9.15 Å². The Kier molecular flexibility index (Phi) is 1.69. The van der Waals surface area contributed by atoms with E-state index < -0.39 is 0 Å². The lowest BCUT2D eigenvalue weighted by Crippen LogP contribution is -1.88. The summed E-state index contributed by atoms with van der Waals surface area (Å²) in [5.74, 6) is 1.34. The van der Waals surface area contributed by atoms with Crippen LogP contribution in [-0.4, -0.2) is 17.1 Å². The highest BCUT2D eigenvalue weighted by Crippen LogP contribution is 2.27. The highest BCUT2D eigenvalue weighted by atomic mass is 16.5. The third-order valence-electron chi connectivity index (χ3n) is 2.10. The molecule has 0 amide bonds. The lowest BCUT2D eigenvalue weighted by Gasteiger charge is -1.96. The summed E-state index contributed by atoms with van der Waals surface area (Å²) in [5, 5.41) is 0. The summed E-state index contributed by atoms with van der Waals surface area (Å²) in [7, 11) is 1.56. The summed E-state index contributed by atoms with van der Waals surface area (Å²) in [5.41, 5.74) is 2.49. The van der Waals surface area contributed by atoms with Gasteiger partial charge in [-0.15, -0.1) is 0 Å². The summed E-state index contributed by atoms with van der Waals surface area (Å²) in [6.45, 7) is 3.87. The first-order valence-electron chi connectivity index (χ1n) is 3.98. The topological polar surface area (TPSA) is 48.2 Å². The van der Waals surface area contributed by atoms with Crippen molar-refractivity contribution in [1.82, 2.24) is 9.97 Å². The van der Waals surface area contributed by atoms with Crippen LogP contribution in [0, 0.1) is 13.8 Å². The molecule has 0 atom stereocenters. The van der Waals surface area contributed by atoms with E-state index in [0.717, 1.165) is 16.8 Å². The fourth-order valence-corrected chi connectivity index (χ4v) is 1.26. The first kappa shape index (κ1) is 8.04. The molecule has 2 heterocycles. The maximum Gasteiger partial charge on any atom is 0.261 e. The standard InChI is InChI=1S/C9H10N2O2/c1-5-6(2)13-8-7(5)10-4-11-9(8)12-3/h4H,1-3H3. The van der Waals surface area contributed by atoms with Crippen molar-refractivity contribution in [2.75, 3.05) is 7.11 Å². The summed E-state index contributed by atoms with van der Waals surface area (Å²) in [6.07, 6.45) is 1.48. The van der Waals surface area contributed by atoms with Crippen molar-refractivity contribution in [3.05, 3.63) is 17.7 Å². The highest BCUT2D eigenvalue weighted by Gasteiger charge is 2.12. The molecule has 2 aromatic rings. The summed E-state index contributed by atoms with van der Waals surface area (Å²) in [6, 6.07) is 0. The minimum atomic E-state index is 0.487. The summed E-state index contributed by atoms with van der Waals surface area (Å²) < 4.78 is 10.5. The summed E-state index contributed by atoms with van der Waals surface area (Å²) in [4.78, 5) is 8.08. The van der Waals surface area contributed by atoms with Gasteiger partial charge in [0.2, 0.25) is 5.58 Å². The van der Waals surface area contributed by atoms with Crippen LogP contribution < -0.4 is 4.74 Å². The summed E-state index contributed by atoms with van der Waals surface area (Å²) >= 11 is 0. The molecule has 2 aromatic heterocycles. The average molecular weight is 178 g/mol. The number of aryl methyl sites for hydroxylation is 2. The van der Waals surface area contributed by atoms with Gasteiger partial charge in [-0.1, -0.05) is 0 Å². The van der Waals surface area contributed by atoms with E-state index >= 15 is 0 Å². The molecule has 0 aromatic carbocycles. The van der Waals surface area contributed by atoms with E-state index in [1.54, 1.807) is 7.11 Å². The van der Waals surface area contributed by atoms with Crippen molar-refractivity contribution >= 4 is 11.1 Å². The van der Waals surface area contributed by atoms with Crippen LogP contribution in [0.4, 0.5) is 0 Å². The molecule has 0 unspecified atom stereocenters. The number of nitrogens with zero attached hydrogens (tertiary/aromatic N) is 2. The third-order valence-corrected chi connectivity index (χ3v) is 2.10. The fourth-order valence-electron chi connectivity index (χ4n) is 1.26. The lowest BCUT2D eigenvalue weighted by molar-refractivity contribution is 0.391. The van der Waals surface area contributed by atoms with E-state index in [2.05, 4.69) is 9.97 Å². The van der Waals surface area contributed by atoms with Gasteiger partial charge in [0, 0.05) is 5.56 Å². The Morgan fingerprint density at radius 2 is 2.08 bits per heavy atom. The van der Waals surface area contributed by atoms with Crippen LogP contribution in [0.1, 0.15) is 11.3 Å². The normalized spacial score (nSPS) is 10.7. The van der Waals surface area contributed by atoms with Crippen molar-refractivity contribution < 1.29 is 9.15 Å². The van der Waals surface area contributed by atoms with Crippen molar-refractivity contribution in [2.24, 2.45) is 0 Å². The molecular weight excluding hydrogens is 168 g/mol. The van der Waals surface area contributed by atoms with Gasteiger partial charge in [0.15, 0.2) is 0 Å². The van der Waals surface area contributed by atoms with Gasteiger partial charge in [0.25, 0.3) is 5.88 Å². The number of aromatic nitrogens is 2. The van der Waals surface area contributed by atoms with Crippen LogP contribution >= 0.6 is 0 Å². The van der Waals surface area contributed by atoms with Crippen LogP contribution in [0.15, 0.2) is 10.7 Å². The van der Waals surface area contributed by atoms with Gasteiger partial charge < -0.3 is 9.15 Å². The molecule has 0 spiro atoms. The van der Waals surface area contributed by atoms with Crippen LogP contribution in [-0.2, 0) is 0 Å². The minimum absolute atomic E-state index is 0.487. The maximum atomic E-state index is 5.47. The smallest absolute Gasteiger partial charge is 0.261 e. The van der Waals surface area contributed by atoms with Crippen molar-refractivity contribution in [1.29, 1.82) is 0 Å². The second-order valence-electron chi connectivity index (χ2n) is 2.84. The van der Waals surface area contributed by atoms with E-state index in [1.807, 2.05) is 13.8 Å². The molecule has 0 aliphatic heterocycles. The Labute approximate surface area is 75.6 Å². The first-order chi connectivity index (χ1) is 6.24. The molecule has 0 bridgehead atoms. The maximum absolute atomic E-state index is 5.47.